The number of nitrogens with zero attached hydrogens (tertiary/aromatic N) is 2. The van der Waals surface area contributed by atoms with E-state index in [4.69, 9.17) is 4.74 Å². The number of carbonyl (C=O) groups excluding carboxylic acids is 1. The molecule has 1 saturated heterocycles. The van der Waals surface area contributed by atoms with Crippen LogP contribution in [0.3, 0.4) is 0 Å². The van der Waals surface area contributed by atoms with Gasteiger partial charge in [-0.25, -0.2) is 9.78 Å². The largest absolute Gasteiger partial charge is 0.465 e. The van der Waals surface area contributed by atoms with Crippen LogP contribution in [0.25, 0.3) is 5.52 Å². The van der Waals surface area contributed by atoms with Crippen LogP contribution in [0, 0.1) is 0 Å². The van der Waals surface area contributed by atoms with E-state index < -0.39 is 0 Å². The van der Waals surface area contributed by atoms with Crippen molar-refractivity contribution in [3.8, 4) is 0 Å². The topological polar surface area (TPSA) is 55.6 Å². The van der Waals surface area contributed by atoms with E-state index in [1.165, 1.54) is 13.5 Å². The number of nitrogens with one attached hydrogen (secondary N) is 1. The minimum atomic E-state index is -0.320. The van der Waals surface area contributed by atoms with E-state index in [1.54, 1.807) is 18.3 Å². The molecule has 5 nitrogen and oxygen atoms in total. The molecule has 2 aromatic rings. The maximum atomic E-state index is 11.5. The van der Waals surface area contributed by atoms with Crippen molar-refractivity contribution in [2.24, 2.45) is 0 Å². The first-order valence-corrected chi connectivity index (χ1v) is 6.08. The number of aromatic nitrogens is 2. The Kier molecular flexibility index (Phi) is 2.76. The molecule has 0 aliphatic carbocycles. The van der Waals surface area contributed by atoms with Crippen molar-refractivity contribution in [3.63, 3.8) is 0 Å². The number of pyridine rings is 1. The molecule has 1 aliphatic heterocycles. The Morgan fingerprint density at radius 3 is 3.22 bits per heavy atom. The predicted octanol–water partition coefficient (Wildman–Crippen LogP) is 1.55. The summed E-state index contributed by atoms with van der Waals surface area (Å²) in [4.78, 5) is 15.9. The average molecular weight is 245 g/mol. The molecule has 0 radical (unpaired) electrons. The molecule has 18 heavy (non-hydrogen) atoms. The molecule has 2 aromatic heterocycles. The van der Waals surface area contributed by atoms with Gasteiger partial charge >= 0.3 is 5.97 Å². The minimum Gasteiger partial charge on any atom is -0.465 e. The molecule has 1 fully saturated rings. The van der Waals surface area contributed by atoms with Crippen LogP contribution in [0.4, 0.5) is 0 Å². The molecule has 0 aromatic carbocycles. The monoisotopic (exact) mass is 245 g/mol. The number of esters is 1. The molecule has 1 atom stereocenters. The Morgan fingerprint density at radius 1 is 1.61 bits per heavy atom. The highest BCUT2D eigenvalue weighted by Crippen LogP contribution is 2.23. The fraction of sp³-hybridized carbons (Fsp3) is 0.385. The normalized spacial score (nSPS) is 19.3. The fourth-order valence-electron chi connectivity index (χ4n) is 2.43. The Balaban J connectivity index is 2.02. The van der Waals surface area contributed by atoms with Crippen LogP contribution in [0.5, 0.6) is 0 Å². The van der Waals surface area contributed by atoms with Gasteiger partial charge in [-0.3, -0.25) is 0 Å². The van der Waals surface area contributed by atoms with Crippen molar-refractivity contribution in [2.45, 2.75) is 18.9 Å². The van der Waals surface area contributed by atoms with E-state index in [2.05, 4.69) is 10.3 Å². The van der Waals surface area contributed by atoms with Gasteiger partial charge < -0.3 is 14.5 Å². The van der Waals surface area contributed by atoms with Crippen molar-refractivity contribution >= 4 is 11.5 Å². The van der Waals surface area contributed by atoms with Gasteiger partial charge in [0.05, 0.1) is 30.4 Å². The zero-order chi connectivity index (χ0) is 12.5. The second-order valence-corrected chi connectivity index (χ2v) is 4.47. The van der Waals surface area contributed by atoms with Gasteiger partial charge in [-0.05, 0) is 31.5 Å². The number of carbonyl (C=O) groups is 1. The Morgan fingerprint density at radius 2 is 2.50 bits per heavy atom. The molecule has 0 amide bonds. The number of ether oxygens (including phenoxy) is 1. The summed E-state index contributed by atoms with van der Waals surface area (Å²) in [5, 5.41) is 3.42. The minimum absolute atomic E-state index is 0.316. The second-order valence-electron chi connectivity index (χ2n) is 4.47. The van der Waals surface area contributed by atoms with Crippen molar-refractivity contribution in [1.29, 1.82) is 0 Å². The van der Waals surface area contributed by atoms with Gasteiger partial charge in [-0.2, -0.15) is 0 Å². The number of rotatable bonds is 2. The van der Waals surface area contributed by atoms with Gasteiger partial charge in [0.2, 0.25) is 0 Å². The summed E-state index contributed by atoms with van der Waals surface area (Å²) in [5.41, 5.74) is 1.47. The predicted molar refractivity (Wildman–Crippen MR) is 66.5 cm³/mol. The Bertz CT molecular complexity index is 585. The van der Waals surface area contributed by atoms with Crippen LogP contribution >= 0.6 is 0 Å². The third-order valence-corrected chi connectivity index (χ3v) is 3.35. The zero-order valence-electron chi connectivity index (χ0n) is 10.2. The molecule has 94 valence electrons. The summed E-state index contributed by atoms with van der Waals surface area (Å²) in [6.45, 7) is 1.04. The molecule has 5 heteroatoms. The number of methoxy groups -OCH3 is 1. The average Bonchev–Trinajstić information content (AvgIpc) is 3.05. The lowest BCUT2D eigenvalue weighted by Gasteiger charge is -2.09. The van der Waals surface area contributed by atoms with Gasteiger partial charge in [0.1, 0.15) is 5.82 Å². The smallest absolute Gasteiger partial charge is 0.337 e. The third kappa shape index (κ3) is 1.76. The van der Waals surface area contributed by atoms with Gasteiger partial charge in [-0.15, -0.1) is 0 Å². The van der Waals surface area contributed by atoms with E-state index in [-0.39, 0.29) is 5.97 Å². The van der Waals surface area contributed by atoms with Crippen molar-refractivity contribution in [1.82, 2.24) is 14.7 Å². The summed E-state index contributed by atoms with van der Waals surface area (Å²) in [6, 6.07) is 3.88. The quantitative estimate of drug-likeness (QED) is 0.815. The van der Waals surface area contributed by atoms with E-state index in [0.29, 0.717) is 11.6 Å². The number of fused-ring (bicyclic) bond motifs is 1. The lowest BCUT2D eigenvalue weighted by atomic mass is 10.2. The molecule has 3 rings (SSSR count). The van der Waals surface area contributed by atoms with Crippen LogP contribution in [0.1, 0.15) is 35.1 Å². The first-order chi connectivity index (χ1) is 8.79. The molecule has 0 spiro atoms. The zero-order valence-corrected chi connectivity index (χ0v) is 10.2. The second kappa shape index (κ2) is 4.42. The lowest BCUT2D eigenvalue weighted by molar-refractivity contribution is 0.0600. The van der Waals surface area contributed by atoms with Crippen LogP contribution < -0.4 is 5.32 Å². The van der Waals surface area contributed by atoms with Crippen LogP contribution in [0.15, 0.2) is 24.5 Å². The fourth-order valence-corrected chi connectivity index (χ4v) is 2.43. The summed E-state index contributed by atoms with van der Waals surface area (Å²) >= 11 is 0. The first kappa shape index (κ1) is 11.2. The van der Waals surface area contributed by atoms with Crippen molar-refractivity contribution in [3.05, 3.63) is 35.9 Å². The molecule has 1 aliphatic rings. The van der Waals surface area contributed by atoms with Crippen LogP contribution in [-0.4, -0.2) is 29.0 Å². The van der Waals surface area contributed by atoms with Crippen molar-refractivity contribution < 1.29 is 9.53 Å². The number of hydrogen-bond acceptors (Lipinski definition) is 4. The maximum Gasteiger partial charge on any atom is 0.337 e. The van der Waals surface area contributed by atoms with Crippen molar-refractivity contribution in [2.75, 3.05) is 13.7 Å². The molecule has 1 unspecified atom stereocenters. The highest BCUT2D eigenvalue weighted by atomic mass is 16.5. The van der Waals surface area contributed by atoms with Gasteiger partial charge in [0.15, 0.2) is 0 Å². The lowest BCUT2D eigenvalue weighted by Crippen LogP contribution is -2.15. The van der Waals surface area contributed by atoms with Crippen LogP contribution in [0.2, 0.25) is 0 Å². The first-order valence-electron chi connectivity index (χ1n) is 6.08. The Hall–Kier alpha value is -1.88. The van der Waals surface area contributed by atoms with Gasteiger partial charge in [0, 0.05) is 6.20 Å². The maximum absolute atomic E-state index is 11.5. The number of imidazole rings is 1. The molecule has 3 heterocycles. The number of hydrogen-bond donors (Lipinski definition) is 1. The van der Waals surface area contributed by atoms with E-state index in [0.717, 1.165) is 24.3 Å². The molecule has 0 bridgehead atoms. The molecule has 1 N–H and O–H groups in total. The third-order valence-electron chi connectivity index (χ3n) is 3.35. The highest BCUT2D eigenvalue weighted by molar-refractivity contribution is 5.90. The SMILES string of the molecule is COC(=O)c1ccn2c(C3CCCN3)ncc2c1. The van der Waals surface area contributed by atoms with E-state index in [1.807, 2.05) is 10.6 Å². The molecular formula is C13H15N3O2. The van der Waals surface area contributed by atoms with Gasteiger partial charge in [0.25, 0.3) is 0 Å². The Labute approximate surface area is 105 Å². The summed E-state index contributed by atoms with van der Waals surface area (Å²) in [5.74, 6) is 0.693. The highest BCUT2D eigenvalue weighted by Gasteiger charge is 2.20. The summed E-state index contributed by atoms with van der Waals surface area (Å²) in [6.07, 6.45) is 5.96. The van der Waals surface area contributed by atoms with E-state index in [9.17, 15) is 4.79 Å². The molecule has 0 saturated carbocycles. The standard InChI is InChI=1S/C13H15N3O2/c1-18-13(17)9-4-6-16-10(7-9)8-15-12(16)11-3-2-5-14-11/h4,6-8,11,14H,2-3,5H2,1H3. The van der Waals surface area contributed by atoms with Crippen LogP contribution in [-0.2, 0) is 4.74 Å². The molecular weight excluding hydrogens is 230 g/mol. The van der Waals surface area contributed by atoms with E-state index >= 15 is 0 Å². The summed E-state index contributed by atoms with van der Waals surface area (Å²) in [7, 11) is 1.39. The van der Waals surface area contributed by atoms with Gasteiger partial charge in [-0.1, -0.05) is 0 Å². The summed E-state index contributed by atoms with van der Waals surface area (Å²) < 4.78 is 6.73.